The van der Waals surface area contributed by atoms with E-state index in [0.29, 0.717) is 11.5 Å². The number of hydrogen-bond acceptors (Lipinski definition) is 5. The molecule has 0 saturated carbocycles. The number of nitrogens with one attached hydrogen (secondary N) is 1. The van der Waals surface area contributed by atoms with Crippen LogP contribution in [0.25, 0.3) is 5.82 Å². The molecule has 1 atom stereocenters. The molecule has 3 aromatic rings. The number of pyridine rings is 1. The molecule has 24 heavy (non-hydrogen) atoms. The molecule has 0 aromatic carbocycles. The first-order valence-electron chi connectivity index (χ1n) is 7.72. The lowest BCUT2D eigenvalue weighted by molar-refractivity contribution is 0.207. The Balaban J connectivity index is 1.46. The van der Waals surface area contributed by atoms with Crippen LogP contribution in [-0.2, 0) is 0 Å². The van der Waals surface area contributed by atoms with Crippen molar-refractivity contribution in [3.8, 4) is 5.82 Å². The standard InChI is InChI=1S/C16H16N6OS/c23-16(21-6-1-2-14(21)12-5-7-24-9-12)20-13-3-4-15(18-8-13)22-11-17-10-19-22/h3-5,7-11,14H,1-2,6H2,(H,20,23)/t14-/m0/s1. The van der Waals surface area contributed by atoms with Gasteiger partial charge in [-0.3, -0.25) is 0 Å². The summed E-state index contributed by atoms with van der Waals surface area (Å²) in [4.78, 5) is 22.7. The molecule has 1 saturated heterocycles. The fourth-order valence-corrected chi connectivity index (χ4v) is 3.65. The fourth-order valence-electron chi connectivity index (χ4n) is 2.94. The van der Waals surface area contributed by atoms with Crippen LogP contribution >= 0.6 is 11.3 Å². The number of carbonyl (C=O) groups excluding carboxylic acids is 1. The van der Waals surface area contributed by atoms with Crippen LogP contribution in [0.1, 0.15) is 24.4 Å². The van der Waals surface area contributed by atoms with Crippen molar-refractivity contribution >= 4 is 23.1 Å². The molecule has 4 heterocycles. The Morgan fingerprint density at radius 3 is 3.00 bits per heavy atom. The summed E-state index contributed by atoms with van der Waals surface area (Å²) in [6.45, 7) is 0.775. The first kappa shape index (κ1) is 14.8. The summed E-state index contributed by atoms with van der Waals surface area (Å²) in [7, 11) is 0. The second kappa shape index (κ2) is 6.40. The Hall–Kier alpha value is -2.74. The van der Waals surface area contributed by atoms with Crippen molar-refractivity contribution < 1.29 is 4.79 Å². The van der Waals surface area contributed by atoms with E-state index in [1.165, 1.54) is 11.9 Å². The quantitative estimate of drug-likeness (QED) is 0.795. The number of thiophene rings is 1. The highest BCUT2D eigenvalue weighted by Gasteiger charge is 2.30. The van der Waals surface area contributed by atoms with Gasteiger partial charge in [0.2, 0.25) is 0 Å². The zero-order valence-electron chi connectivity index (χ0n) is 12.9. The van der Waals surface area contributed by atoms with E-state index in [4.69, 9.17) is 0 Å². The van der Waals surface area contributed by atoms with E-state index in [1.807, 2.05) is 11.0 Å². The number of carbonyl (C=O) groups is 1. The summed E-state index contributed by atoms with van der Waals surface area (Å²) in [5.41, 5.74) is 1.88. The number of hydrogen-bond donors (Lipinski definition) is 1. The minimum atomic E-state index is -0.0843. The predicted molar refractivity (Wildman–Crippen MR) is 91.2 cm³/mol. The lowest BCUT2D eigenvalue weighted by Crippen LogP contribution is -2.34. The first-order valence-corrected chi connectivity index (χ1v) is 8.66. The minimum Gasteiger partial charge on any atom is -0.317 e. The van der Waals surface area contributed by atoms with Crippen molar-refractivity contribution in [2.75, 3.05) is 11.9 Å². The zero-order chi connectivity index (χ0) is 16.4. The molecule has 4 rings (SSSR count). The van der Waals surface area contributed by atoms with Crippen molar-refractivity contribution in [2.45, 2.75) is 18.9 Å². The average molecular weight is 340 g/mol. The smallest absolute Gasteiger partial charge is 0.317 e. The van der Waals surface area contributed by atoms with Gasteiger partial charge >= 0.3 is 6.03 Å². The molecule has 1 aliphatic heterocycles. The van der Waals surface area contributed by atoms with Crippen LogP contribution in [0.5, 0.6) is 0 Å². The molecule has 1 fully saturated rings. The minimum absolute atomic E-state index is 0.0843. The summed E-state index contributed by atoms with van der Waals surface area (Å²) in [6.07, 6.45) is 6.70. The summed E-state index contributed by atoms with van der Waals surface area (Å²) in [5.74, 6) is 0.655. The van der Waals surface area contributed by atoms with E-state index in [0.717, 1.165) is 19.4 Å². The Bertz CT molecular complexity index is 800. The molecule has 0 spiro atoms. The van der Waals surface area contributed by atoms with Gasteiger partial charge < -0.3 is 10.2 Å². The number of nitrogens with zero attached hydrogens (tertiary/aromatic N) is 5. The van der Waals surface area contributed by atoms with Gasteiger partial charge in [0.25, 0.3) is 0 Å². The van der Waals surface area contributed by atoms with E-state index in [2.05, 4.69) is 37.2 Å². The molecule has 0 aliphatic carbocycles. The number of amides is 2. The van der Waals surface area contributed by atoms with Crippen molar-refractivity contribution in [2.24, 2.45) is 0 Å². The van der Waals surface area contributed by atoms with Crippen LogP contribution in [0, 0.1) is 0 Å². The number of urea groups is 1. The summed E-state index contributed by atoms with van der Waals surface area (Å²) >= 11 is 1.66. The van der Waals surface area contributed by atoms with E-state index in [1.54, 1.807) is 34.6 Å². The topological polar surface area (TPSA) is 75.9 Å². The third-order valence-electron chi connectivity index (χ3n) is 4.09. The normalized spacial score (nSPS) is 17.2. The zero-order valence-corrected chi connectivity index (χ0v) is 13.7. The van der Waals surface area contributed by atoms with E-state index in [9.17, 15) is 4.79 Å². The highest BCUT2D eigenvalue weighted by Crippen LogP contribution is 2.33. The van der Waals surface area contributed by atoms with Crippen LogP contribution < -0.4 is 5.32 Å². The van der Waals surface area contributed by atoms with Crippen molar-refractivity contribution in [3.05, 3.63) is 53.4 Å². The molecular weight excluding hydrogens is 324 g/mol. The van der Waals surface area contributed by atoms with Crippen LogP contribution in [0.15, 0.2) is 47.8 Å². The number of likely N-dealkylation sites (tertiary alicyclic amines) is 1. The largest absolute Gasteiger partial charge is 0.322 e. The summed E-state index contributed by atoms with van der Waals surface area (Å²) in [6, 6.07) is 5.79. The molecule has 3 aromatic heterocycles. The van der Waals surface area contributed by atoms with Gasteiger partial charge in [-0.15, -0.1) is 0 Å². The van der Waals surface area contributed by atoms with Crippen LogP contribution in [-0.4, -0.2) is 37.2 Å². The Labute approximate surface area is 143 Å². The van der Waals surface area contributed by atoms with Gasteiger partial charge in [0.15, 0.2) is 5.82 Å². The lowest BCUT2D eigenvalue weighted by atomic mass is 10.1. The van der Waals surface area contributed by atoms with Gasteiger partial charge in [-0.2, -0.15) is 16.4 Å². The number of rotatable bonds is 3. The average Bonchev–Trinajstić information content (AvgIpc) is 3.35. The molecule has 2 amide bonds. The molecule has 0 unspecified atom stereocenters. The summed E-state index contributed by atoms with van der Waals surface area (Å²) < 4.78 is 1.57. The monoisotopic (exact) mass is 340 g/mol. The predicted octanol–water partition coefficient (Wildman–Crippen LogP) is 3.09. The van der Waals surface area contributed by atoms with Gasteiger partial charge in [-0.05, 0) is 47.4 Å². The molecule has 0 bridgehead atoms. The maximum Gasteiger partial charge on any atom is 0.322 e. The van der Waals surface area contributed by atoms with Gasteiger partial charge in [0, 0.05) is 6.54 Å². The Morgan fingerprint density at radius 1 is 1.33 bits per heavy atom. The van der Waals surface area contributed by atoms with E-state index >= 15 is 0 Å². The van der Waals surface area contributed by atoms with Gasteiger partial charge in [0.05, 0.1) is 17.9 Å². The number of anilines is 1. The van der Waals surface area contributed by atoms with Crippen molar-refractivity contribution in [1.29, 1.82) is 0 Å². The van der Waals surface area contributed by atoms with Gasteiger partial charge in [0.1, 0.15) is 12.7 Å². The maximum atomic E-state index is 12.6. The third kappa shape index (κ3) is 2.88. The van der Waals surface area contributed by atoms with E-state index in [-0.39, 0.29) is 12.1 Å². The van der Waals surface area contributed by atoms with Crippen LogP contribution in [0.4, 0.5) is 10.5 Å². The maximum absolute atomic E-state index is 12.6. The second-order valence-electron chi connectivity index (χ2n) is 5.58. The molecule has 1 aliphatic rings. The van der Waals surface area contributed by atoms with Crippen LogP contribution in [0.3, 0.4) is 0 Å². The SMILES string of the molecule is O=C(Nc1ccc(-n2cncn2)nc1)N1CCC[C@H]1c1ccsc1. The molecule has 8 heteroatoms. The van der Waals surface area contributed by atoms with Gasteiger partial charge in [-0.25, -0.2) is 19.4 Å². The van der Waals surface area contributed by atoms with Gasteiger partial charge in [-0.1, -0.05) is 0 Å². The number of aromatic nitrogens is 4. The van der Waals surface area contributed by atoms with Crippen molar-refractivity contribution in [3.63, 3.8) is 0 Å². The van der Waals surface area contributed by atoms with Crippen molar-refractivity contribution in [1.82, 2.24) is 24.6 Å². The molecule has 1 N–H and O–H groups in total. The molecular formula is C16H16N6OS. The summed E-state index contributed by atoms with van der Waals surface area (Å²) in [5, 5.41) is 11.1. The first-order chi connectivity index (χ1) is 11.8. The molecule has 122 valence electrons. The Kier molecular flexibility index (Phi) is 3.96. The third-order valence-corrected chi connectivity index (χ3v) is 4.80. The fraction of sp³-hybridized carbons (Fsp3) is 0.250. The lowest BCUT2D eigenvalue weighted by Gasteiger charge is -2.24. The second-order valence-corrected chi connectivity index (χ2v) is 6.36. The molecule has 7 nitrogen and oxygen atoms in total. The Morgan fingerprint density at radius 2 is 2.29 bits per heavy atom. The highest BCUT2D eigenvalue weighted by atomic mass is 32.1. The van der Waals surface area contributed by atoms with Crippen LogP contribution in [0.2, 0.25) is 0 Å². The van der Waals surface area contributed by atoms with E-state index < -0.39 is 0 Å². The molecule has 0 radical (unpaired) electrons. The highest BCUT2D eigenvalue weighted by molar-refractivity contribution is 7.08.